The Bertz CT molecular complexity index is 1830. The van der Waals surface area contributed by atoms with Crippen molar-refractivity contribution in [3.05, 3.63) is 102 Å². The summed E-state index contributed by atoms with van der Waals surface area (Å²) in [6.07, 6.45) is -0.102. The van der Waals surface area contributed by atoms with Gasteiger partial charge in [-0.05, 0) is 31.2 Å². The van der Waals surface area contributed by atoms with E-state index in [-0.39, 0.29) is 5.88 Å². The van der Waals surface area contributed by atoms with Crippen LogP contribution in [0.25, 0.3) is 44.1 Å². The van der Waals surface area contributed by atoms with E-state index in [4.69, 9.17) is 14.6 Å². The van der Waals surface area contributed by atoms with E-state index in [1.165, 1.54) is 0 Å². The lowest BCUT2D eigenvalue weighted by Gasteiger charge is -2.10. The molecule has 0 saturated carbocycles. The van der Waals surface area contributed by atoms with E-state index >= 15 is 0 Å². The molecule has 0 fully saturated rings. The molecule has 0 aliphatic rings. The Morgan fingerprint density at radius 1 is 0.925 bits per heavy atom. The van der Waals surface area contributed by atoms with Gasteiger partial charge in [0.15, 0.2) is 0 Å². The van der Waals surface area contributed by atoms with Crippen LogP contribution in [0.5, 0.6) is 11.6 Å². The number of aromatic nitrogens is 3. The molecule has 0 bridgehead atoms. The smallest absolute Gasteiger partial charge is 0.493 e. The molecule has 6 aromatic rings. The second-order valence-electron chi connectivity index (χ2n) is 9.76. The van der Waals surface area contributed by atoms with Gasteiger partial charge in [-0.3, -0.25) is 4.68 Å². The van der Waals surface area contributed by atoms with E-state index in [0.717, 1.165) is 61.1 Å². The van der Waals surface area contributed by atoms with E-state index in [9.17, 15) is 9.90 Å². The zero-order valence-corrected chi connectivity index (χ0v) is 22.3. The zero-order valence-electron chi connectivity index (χ0n) is 22.3. The number of ether oxygens (including phenoxy) is 2. The molecule has 40 heavy (non-hydrogen) atoms. The number of benzene rings is 4. The molecule has 0 saturated heterocycles. The van der Waals surface area contributed by atoms with Gasteiger partial charge in [-0.2, -0.15) is 5.10 Å². The second-order valence-corrected chi connectivity index (χ2v) is 9.76. The lowest BCUT2D eigenvalue weighted by molar-refractivity contribution is 0.142. The molecule has 7 heteroatoms. The van der Waals surface area contributed by atoms with E-state index in [0.29, 0.717) is 19.4 Å². The quantitative estimate of drug-likeness (QED) is 0.155. The molecule has 0 aliphatic carbocycles. The number of carbonyl (C=O) groups is 1. The summed E-state index contributed by atoms with van der Waals surface area (Å²) < 4.78 is 13.3. The van der Waals surface area contributed by atoms with Gasteiger partial charge >= 0.3 is 6.16 Å². The first kappa shape index (κ1) is 25.2. The number of nitrogens with one attached hydrogen (secondary N) is 1. The fourth-order valence-electron chi connectivity index (χ4n) is 5.36. The number of aromatic amines is 1. The minimum absolute atomic E-state index is 0.239. The summed E-state index contributed by atoms with van der Waals surface area (Å²) >= 11 is 0. The number of hydrogen-bond acceptors (Lipinski definition) is 4. The van der Waals surface area contributed by atoms with Crippen LogP contribution in [0.15, 0.2) is 91.0 Å². The highest BCUT2D eigenvalue weighted by atomic mass is 16.7. The predicted molar refractivity (Wildman–Crippen MR) is 157 cm³/mol. The maximum atomic E-state index is 11.6. The predicted octanol–water partition coefficient (Wildman–Crippen LogP) is 7.77. The first-order valence-electron chi connectivity index (χ1n) is 13.3. The molecule has 0 amide bonds. The number of fused-ring (bicyclic) bond motifs is 2. The van der Waals surface area contributed by atoms with Gasteiger partial charge in [-0.15, -0.1) is 0 Å². The maximum absolute atomic E-state index is 11.6. The van der Waals surface area contributed by atoms with Crippen molar-refractivity contribution in [3.63, 3.8) is 0 Å². The fourth-order valence-corrected chi connectivity index (χ4v) is 5.36. The molecule has 0 unspecified atom stereocenters. The van der Waals surface area contributed by atoms with Gasteiger partial charge in [0, 0.05) is 45.8 Å². The molecule has 0 atom stereocenters. The summed E-state index contributed by atoms with van der Waals surface area (Å²) in [6, 6.07) is 30.2. The summed E-state index contributed by atoms with van der Waals surface area (Å²) in [5, 5.41) is 17.4. The van der Waals surface area contributed by atoms with Crippen LogP contribution in [0.1, 0.15) is 17.7 Å². The monoisotopic (exact) mass is 531 g/mol. The summed E-state index contributed by atoms with van der Waals surface area (Å²) in [5.74, 6) is 1.07. The third-order valence-electron chi connectivity index (χ3n) is 7.32. The van der Waals surface area contributed by atoms with Gasteiger partial charge in [0.25, 0.3) is 0 Å². The van der Waals surface area contributed by atoms with Crippen LogP contribution >= 0.6 is 0 Å². The molecule has 6 rings (SSSR count). The van der Waals surface area contributed by atoms with Crippen molar-refractivity contribution in [1.82, 2.24) is 14.8 Å². The molecule has 2 heterocycles. The number of aryl methyl sites for hydroxylation is 2. The van der Waals surface area contributed by atoms with E-state index in [1.807, 2.05) is 91.4 Å². The molecule has 7 nitrogen and oxygen atoms in total. The third-order valence-corrected chi connectivity index (χ3v) is 7.32. The van der Waals surface area contributed by atoms with Crippen LogP contribution in [-0.4, -0.2) is 32.6 Å². The minimum Gasteiger partial charge on any atom is -0.493 e. The van der Waals surface area contributed by atoms with Gasteiger partial charge in [0.1, 0.15) is 11.4 Å². The van der Waals surface area contributed by atoms with Crippen LogP contribution in [0, 0.1) is 6.92 Å². The Hall–Kier alpha value is -5.04. The normalized spacial score (nSPS) is 11.2. The maximum Gasteiger partial charge on any atom is 0.512 e. The highest BCUT2D eigenvalue weighted by Gasteiger charge is 2.22. The van der Waals surface area contributed by atoms with Crippen LogP contribution in [0.3, 0.4) is 0 Å². The Labute approximate surface area is 231 Å². The fraction of sp³-hybridized carbons (Fsp3) is 0.152. The first-order valence-corrected chi connectivity index (χ1v) is 13.3. The summed E-state index contributed by atoms with van der Waals surface area (Å²) in [6.45, 7) is 2.52. The van der Waals surface area contributed by atoms with E-state index < -0.39 is 6.16 Å². The van der Waals surface area contributed by atoms with Gasteiger partial charge < -0.3 is 19.6 Å². The van der Waals surface area contributed by atoms with Crippen LogP contribution < -0.4 is 9.47 Å². The van der Waals surface area contributed by atoms with Gasteiger partial charge in [-0.1, -0.05) is 84.9 Å². The molecule has 200 valence electrons. The topological polar surface area (TPSA) is 89.4 Å². The largest absolute Gasteiger partial charge is 0.512 e. The minimum atomic E-state index is -1.36. The summed E-state index contributed by atoms with van der Waals surface area (Å²) in [5.41, 5.74) is 6.45. The molecule has 2 N–H and O–H groups in total. The molecule has 0 radical (unpaired) electrons. The van der Waals surface area contributed by atoms with E-state index in [2.05, 4.69) is 23.2 Å². The lowest BCUT2D eigenvalue weighted by atomic mass is 9.96. The van der Waals surface area contributed by atoms with Crippen LogP contribution in [0.4, 0.5) is 4.79 Å². The van der Waals surface area contributed by atoms with Crippen molar-refractivity contribution in [3.8, 4) is 34.0 Å². The van der Waals surface area contributed by atoms with Crippen LogP contribution in [0.2, 0.25) is 0 Å². The molecule has 2 aromatic heterocycles. The van der Waals surface area contributed by atoms with Crippen molar-refractivity contribution in [2.75, 3.05) is 6.61 Å². The highest BCUT2D eigenvalue weighted by Crippen LogP contribution is 2.40. The Balaban J connectivity index is 1.35. The zero-order chi connectivity index (χ0) is 27.6. The van der Waals surface area contributed by atoms with Crippen molar-refractivity contribution in [1.29, 1.82) is 0 Å². The average Bonchev–Trinajstić information content (AvgIpc) is 3.47. The molecule has 0 spiro atoms. The first-order chi connectivity index (χ1) is 19.5. The number of H-pyrrole nitrogens is 1. The Morgan fingerprint density at radius 3 is 2.48 bits per heavy atom. The van der Waals surface area contributed by atoms with Gasteiger partial charge in [0.2, 0.25) is 5.88 Å². The van der Waals surface area contributed by atoms with Crippen molar-refractivity contribution in [2.24, 2.45) is 7.05 Å². The number of rotatable bonds is 8. The molecule has 4 aromatic carbocycles. The summed E-state index contributed by atoms with van der Waals surface area (Å²) in [7, 11) is 1.93. The van der Waals surface area contributed by atoms with Crippen LogP contribution in [-0.2, 0) is 13.5 Å². The molecular weight excluding hydrogens is 502 g/mol. The number of nitrogens with zero attached hydrogens (tertiary/aromatic N) is 2. The van der Waals surface area contributed by atoms with Crippen molar-refractivity contribution in [2.45, 2.75) is 19.8 Å². The average molecular weight is 532 g/mol. The molecule has 0 aliphatic heterocycles. The second kappa shape index (κ2) is 10.6. The number of carboxylic acid groups (broad SMARTS) is 1. The number of para-hydroxylation sites is 1. The van der Waals surface area contributed by atoms with Gasteiger partial charge in [-0.25, -0.2) is 4.79 Å². The Kier molecular flexibility index (Phi) is 6.70. The number of hydrogen-bond donors (Lipinski definition) is 2. The standard InChI is InChI=1S/C33H29N3O4/c1-21-29(30(35-36(21)2)23-12-4-3-5-13-23)27-17-9-16-25-26(32(34-31(25)27)40-33(37)38)18-10-20-39-28-19-8-14-22-11-6-7-15-24(22)28/h3-9,11-17,19,34H,10,18,20H2,1-2H3,(H,37,38). The van der Waals surface area contributed by atoms with Crippen molar-refractivity contribution >= 4 is 27.8 Å². The third kappa shape index (κ3) is 4.66. The highest BCUT2D eigenvalue weighted by molar-refractivity contribution is 6.01. The lowest BCUT2D eigenvalue weighted by Crippen LogP contribution is -2.06. The van der Waals surface area contributed by atoms with Gasteiger partial charge in [0.05, 0.1) is 12.1 Å². The SMILES string of the molecule is Cc1c(-c2cccc3c(CCCOc4cccc5ccccc45)c(OC(=O)O)[nH]c23)c(-c2ccccc2)nn1C. The molecular formula is C33H29N3O4. The summed E-state index contributed by atoms with van der Waals surface area (Å²) in [4.78, 5) is 14.9. The van der Waals surface area contributed by atoms with E-state index in [1.54, 1.807) is 0 Å². The van der Waals surface area contributed by atoms with Crippen molar-refractivity contribution < 1.29 is 19.4 Å². The Morgan fingerprint density at radius 2 is 1.65 bits per heavy atom.